The summed E-state index contributed by atoms with van der Waals surface area (Å²) in [7, 11) is -4.42. The lowest BCUT2D eigenvalue weighted by molar-refractivity contribution is -0.139. The Labute approximate surface area is 208 Å². The van der Waals surface area contributed by atoms with E-state index in [9.17, 15) is 23.1 Å². The summed E-state index contributed by atoms with van der Waals surface area (Å²) >= 11 is 1.48. The summed E-state index contributed by atoms with van der Waals surface area (Å²) in [5, 5.41) is 18.0. The summed E-state index contributed by atoms with van der Waals surface area (Å²) in [6.45, 7) is -0.315. The van der Waals surface area contributed by atoms with Gasteiger partial charge < -0.3 is 14.3 Å². The van der Waals surface area contributed by atoms with Crippen molar-refractivity contribution < 1.29 is 32.3 Å². The molecule has 1 fully saturated rings. The Hall–Kier alpha value is -3.88. The molecule has 1 saturated heterocycles. The molecule has 0 saturated carbocycles. The highest BCUT2D eigenvalue weighted by Gasteiger charge is 2.37. The summed E-state index contributed by atoms with van der Waals surface area (Å²) in [4.78, 5) is 27.8. The Morgan fingerprint density at radius 1 is 1.14 bits per heavy atom. The van der Waals surface area contributed by atoms with Crippen LogP contribution < -0.4 is 4.72 Å². The molecule has 0 spiro atoms. The number of nitrogens with one attached hydrogen (secondary N) is 1. The van der Waals surface area contributed by atoms with Crippen molar-refractivity contribution in [2.24, 2.45) is 0 Å². The normalized spacial score (nSPS) is 14.8. The minimum absolute atomic E-state index is 0.0726. The fraction of sp³-hybridized carbons (Fsp3) is 0.227. The smallest absolute Gasteiger partial charge is 0.424 e. The van der Waals surface area contributed by atoms with E-state index in [2.05, 4.69) is 26.0 Å². The molecule has 1 atom stereocenters. The van der Waals surface area contributed by atoms with Crippen molar-refractivity contribution in [2.45, 2.75) is 18.9 Å². The summed E-state index contributed by atoms with van der Waals surface area (Å²) in [6, 6.07) is 14.4. The van der Waals surface area contributed by atoms with Crippen LogP contribution in [0.15, 0.2) is 52.9 Å². The lowest BCUT2D eigenvalue weighted by Gasteiger charge is -2.17. The van der Waals surface area contributed by atoms with Crippen molar-refractivity contribution in [3.8, 4) is 11.1 Å². The van der Waals surface area contributed by atoms with Gasteiger partial charge in [-0.25, -0.2) is 9.78 Å². The van der Waals surface area contributed by atoms with Gasteiger partial charge in [0.2, 0.25) is 11.8 Å². The van der Waals surface area contributed by atoms with E-state index < -0.39 is 34.7 Å². The number of hydrogen-bond donors (Lipinski definition) is 2. The van der Waals surface area contributed by atoms with E-state index in [1.165, 1.54) is 11.3 Å². The lowest BCUT2D eigenvalue weighted by Crippen LogP contribution is -2.49. The molecule has 0 radical (unpaired) electrons. The van der Waals surface area contributed by atoms with Gasteiger partial charge in [0.1, 0.15) is 17.7 Å². The van der Waals surface area contributed by atoms with Gasteiger partial charge in [0.15, 0.2) is 0 Å². The Kier molecular flexibility index (Phi) is 6.38. The molecular formula is C22H19N5O7S2. The number of ether oxygens (including phenoxy) is 1. The standard InChI is InChI=1S/C22H19N5O7S2/c28-21(29)16(26-36(31,32)27-8-9-33-22(27)30)11-18-24-25-19(34-18)12-20-23-15-7-6-14(10-17(15)35-20)13-4-2-1-3-5-13/h1-7,10,16,26H,8-9,11-12H2,(H,28,29). The van der Waals surface area contributed by atoms with Gasteiger partial charge in [-0.05, 0) is 23.3 Å². The zero-order valence-electron chi connectivity index (χ0n) is 18.5. The quantitative estimate of drug-likeness (QED) is 0.328. The maximum absolute atomic E-state index is 12.4. The van der Waals surface area contributed by atoms with Gasteiger partial charge >= 0.3 is 22.3 Å². The number of thiazole rings is 1. The first-order valence-corrected chi connectivity index (χ1v) is 13.0. The van der Waals surface area contributed by atoms with Gasteiger partial charge in [0.25, 0.3) is 0 Å². The van der Waals surface area contributed by atoms with Crippen LogP contribution in [0, 0.1) is 0 Å². The van der Waals surface area contributed by atoms with Crippen molar-refractivity contribution in [3.63, 3.8) is 0 Å². The minimum Gasteiger partial charge on any atom is -0.480 e. The van der Waals surface area contributed by atoms with Crippen molar-refractivity contribution in [1.82, 2.24) is 24.2 Å². The fourth-order valence-corrected chi connectivity index (χ4v) is 5.86. The molecule has 36 heavy (non-hydrogen) atoms. The zero-order chi connectivity index (χ0) is 25.3. The molecule has 12 nitrogen and oxygen atoms in total. The van der Waals surface area contributed by atoms with Gasteiger partial charge in [0, 0.05) is 0 Å². The molecule has 186 valence electrons. The van der Waals surface area contributed by atoms with Crippen molar-refractivity contribution in [2.75, 3.05) is 13.2 Å². The number of cyclic esters (lactones) is 1. The van der Waals surface area contributed by atoms with Crippen LogP contribution in [0.25, 0.3) is 21.3 Å². The van der Waals surface area contributed by atoms with Crippen LogP contribution in [0.4, 0.5) is 4.79 Å². The SMILES string of the molecule is O=C(O)C(Cc1nnc(Cc2nc3ccc(-c4ccccc4)cc3s2)o1)NS(=O)(=O)N1CCOC1=O. The maximum Gasteiger partial charge on any atom is 0.424 e. The number of carboxylic acids is 1. The van der Waals surface area contributed by atoms with Crippen molar-refractivity contribution >= 4 is 43.8 Å². The Bertz CT molecular complexity index is 1530. The lowest BCUT2D eigenvalue weighted by atomic mass is 10.1. The largest absolute Gasteiger partial charge is 0.480 e. The molecule has 2 N–H and O–H groups in total. The number of nitrogens with zero attached hydrogens (tertiary/aromatic N) is 4. The predicted molar refractivity (Wildman–Crippen MR) is 127 cm³/mol. The van der Waals surface area contributed by atoms with Crippen LogP contribution in [0.2, 0.25) is 0 Å². The monoisotopic (exact) mass is 529 g/mol. The van der Waals surface area contributed by atoms with E-state index in [0.717, 1.165) is 26.4 Å². The number of aromatic nitrogens is 3. The fourth-order valence-electron chi connectivity index (χ4n) is 3.62. The van der Waals surface area contributed by atoms with E-state index >= 15 is 0 Å². The van der Waals surface area contributed by atoms with Crippen LogP contribution in [-0.2, 0) is 32.6 Å². The first kappa shape index (κ1) is 23.8. The molecule has 0 aliphatic carbocycles. The van der Waals surface area contributed by atoms with Gasteiger partial charge in [0.05, 0.1) is 29.6 Å². The first-order chi connectivity index (χ1) is 17.3. The number of aliphatic carboxylic acids is 1. The average Bonchev–Trinajstić information content (AvgIpc) is 3.58. The molecular weight excluding hydrogens is 510 g/mol. The number of rotatable bonds is 9. The van der Waals surface area contributed by atoms with Crippen LogP contribution in [0.5, 0.6) is 0 Å². The second-order valence-electron chi connectivity index (χ2n) is 7.83. The van der Waals surface area contributed by atoms with E-state index in [1.54, 1.807) is 0 Å². The molecule has 1 unspecified atom stereocenters. The zero-order valence-corrected chi connectivity index (χ0v) is 20.2. The number of carbonyl (C=O) groups is 2. The van der Waals surface area contributed by atoms with Crippen molar-refractivity contribution in [3.05, 3.63) is 65.3 Å². The number of fused-ring (bicyclic) bond motifs is 1. The number of carbonyl (C=O) groups excluding carboxylic acids is 1. The molecule has 0 bridgehead atoms. The molecule has 1 aliphatic rings. The highest BCUT2D eigenvalue weighted by molar-refractivity contribution is 7.87. The third-order valence-corrected chi connectivity index (χ3v) is 7.85. The second kappa shape index (κ2) is 9.64. The molecule has 14 heteroatoms. The maximum atomic E-state index is 12.4. The van der Waals surface area contributed by atoms with Gasteiger partial charge in [-0.3, -0.25) is 4.79 Å². The summed E-state index contributed by atoms with van der Waals surface area (Å²) in [5.41, 5.74) is 3.00. The third-order valence-electron chi connectivity index (χ3n) is 5.33. The average molecular weight is 530 g/mol. The topological polar surface area (TPSA) is 165 Å². The summed E-state index contributed by atoms with van der Waals surface area (Å²) in [6.07, 6.45) is -1.25. The van der Waals surface area contributed by atoms with Crippen LogP contribution in [0.3, 0.4) is 0 Å². The van der Waals surface area contributed by atoms with E-state index in [4.69, 9.17) is 4.42 Å². The summed E-state index contributed by atoms with van der Waals surface area (Å²) < 4.78 is 38.3. The second-order valence-corrected chi connectivity index (χ2v) is 10.6. The molecule has 2 aromatic heterocycles. The Balaban J connectivity index is 1.28. The molecule has 2 aromatic carbocycles. The number of amides is 1. The van der Waals surface area contributed by atoms with E-state index in [0.29, 0.717) is 4.31 Å². The molecule has 4 aromatic rings. The van der Waals surface area contributed by atoms with Crippen LogP contribution in [-0.4, -0.2) is 64.3 Å². The predicted octanol–water partition coefficient (Wildman–Crippen LogP) is 2.22. The molecule has 3 heterocycles. The Morgan fingerprint density at radius 3 is 2.64 bits per heavy atom. The van der Waals surface area contributed by atoms with Gasteiger partial charge in [-0.1, -0.05) is 36.4 Å². The van der Waals surface area contributed by atoms with E-state index in [1.807, 2.05) is 47.2 Å². The molecule has 5 rings (SSSR count). The van der Waals surface area contributed by atoms with Crippen LogP contribution >= 0.6 is 11.3 Å². The first-order valence-electron chi connectivity index (χ1n) is 10.7. The Morgan fingerprint density at radius 2 is 1.92 bits per heavy atom. The third kappa shape index (κ3) is 5.05. The number of hydrogen-bond acceptors (Lipinski definition) is 10. The van der Waals surface area contributed by atoms with Gasteiger partial charge in [-0.15, -0.1) is 21.5 Å². The van der Waals surface area contributed by atoms with E-state index in [-0.39, 0.29) is 31.4 Å². The molecule has 1 amide bonds. The number of carboxylic acid groups (broad SMARTS) is 1. The molecule has 1 aliphatic heterocycles. The minimum atomic E-state index is -4.42. The summed E-state index contributed by atoms with van der Waals surface area (Å²) in [5.74, 6) is -1.33. The van der Waals surface area contributed by atoms with Gasteiger partial charge in [-0.2, -0.15) is 17.4 Å². The highest BCUT2D eigenvalue weighted by atomic mass is 32.2. The highest BCUT2D eigenvalue weighted by Crippen LogP contribution is 2.29. The van der Waals surface area contributed by atoms with Crippen LogP contribution in [0.1, 0.15) is 16.8 Å². The van der Waals surface area contributed by atoms with Crippen molar-refractivity contribution in [1.29, 1.82) is 0 Å². The number of benzene rings is 2.